The quantitative estimate of drug-likeness (QED) is 0.852. The topological polar surface area (TPSA) is 60.2 Å². The number of hydrogen-bond donors (Lipinski definition) is 1. The predicted octanol–water partition coefficient (Wildman–Crippen LogP) is 1.75. The van der Waals surface area contributed by atoms with Crippen molar-refractivity contribution >= 4 is 0 Å². The van der Waals surface area contributed by atoms with Crippen LogP contribution in [0.1, 0.15) is 24.7 Å². The largest absolute Gasteiger partial charge is 0.485 e. The summed E-state index contributed by atoms with van der Waals surface area (Å²) in [5, 5.41) is 12.7. The van der Waals surface area contributed by atoms with E-state index in [1.807, 2.05) is 6.92 Å². The van der Waals surface area contributed by atoms with Gasteiger partial charge in [0.2, 0.25) is 0 Å². The Morgan fingerprint density at radius 2 is 2.24 bits per heavy atom. The molecule has 0 saturated heterocycles. The maximum absolute atomic E-state index is 13.5. The lowest BCUT2D eigenvalue weighted by molar-refractivity contribution is 0.286. The number of halogens is 1. The van der Waals surface area contributed by atoms with Crippen molar-refractivity contribution in [2.24, 2.45) is 0 Å². The highest BCUT2D eigenvalue weighted by molar-refractivity contribution is 5.40. The van der Waals surface area contributed by atoms with Gasteiger partial charge in [-0.1, -0.05) is 11.8 Å². The summed E-state index contributed by atoms with van der Waals surface area (Å²) in [7, 11) is 0. The number of rotatable bonds is 5. The van der Waals surface area contributed by atoms with E-state index < -0.39 is 5.82 Å². The number of aliphatic hydroxyl groups excluding tert-OH is 1. The van der Waals surface area contributed by atoms with Crippen molar-refractivity contribution in [3.8, 4) is 17.6 Å². The maximum Gasteiger partial charge on any atom is 0.164 e. The Morgan fingerprint density at radius 1 is 1.38 bits per heavy atom. The van der Waals surface area contributed by atoms with E-state index in [2.05, 4.69) is 21.9 Å². The molecule has 1 aromatic heterocycles. The van der Waals surface area contributed by atoms with Crippen molar-refractivity contribution in [1.29, 1.82) is 0 Å². The predicted molar refractivity (Wildman–Crippen MR) is 75.0 cm³/mol. The van der Waals surface area contributed by atoms with Gasteiger partial charge in [-0.3, -0.25) is 0 Å². The number of nitrogens with zero attached hydrogens (tertiary/aromatic N) is 3. The van der Waals surface area contributed by atoms with Gasteiger partial charge in [-0.05, 0) is 19.1 Å². The molecule has 0 saturated carbocycles. The molecule has 0 unspecified atom stereocenters. The fraction of sp³-hybridized carbons (Fsp3) is 0.333. The van der Waals surface area contributed by atoms with Crippen LogP contribution in [0.25, 0.3) is 0 Å². The molecular weight excluding hydrogens is 273 g/mol. The molecule has 0 fully saturated rings. The molecule has 110 valence electrons. The van der Waals surface area contributed by atoms with Gasteiger partial charge < -0.3 is 9.84 Å². The van der Waals surface area contributed by atoms with Gasteiger partial charge in [0.05, 0.1) is 6.61 Å². The third kappa shape index (κ3) is 4.29. The number of ether oxygens (including phenoxy) is 1. The Morgan fingerprint density at radius 3 is 3.00 bits per heavy atom. The molecular formula is C15H16FN3O2. The third-order valence-corrected chi connectivity index (χ3v) is 2.70. The van der Waals surface area contributed by atoms with E-state index in [1.165, 1.54) is 18.5 Å². The summed E-state index contributed by atoms with van der Waals surface area (Å²) in [6.45, 7) is 2.84. The lowest BCUT2D eigenvalue weighted by atomic mass is 10.2. The number of hydrogen-bond acceptors (Lipinski definition) is 4. The number of benzene rings is 1. The van der Waals surface area contributed by atoms with Crippen LogP contribution in [0, 0.1) is 17.7 Å². The molecule has 6 heteroatoms. The van der Waals surface area contributed by atoms with Crippen LogP contribution in [0.15, 0.2) is 24.5 Å². The van der Waals surface area contributed by atoms with Crippen molar-refractivity contribution in [1.82, 2.24) is 14.8 Å². The molecule has 0 atom stereocenters. The van der Waals surface area contributed by atoms with Gasteiger partial charge in [0.25, 0.3) is 0 Å². The first-order valence-corrected chi connectivity index (χ1v) is 6.62. The zero-order valence-electron chi connectivity index (χ0n) is 11.7. The van der Waals surface area contributed by atoms with Gasteiger partial charge in [0, 0.05) is 24.6 Å². The first-order valence-electron chi connectivity index (χ1n) is 6.62. The molecule has 21 heavy (non-hydrogen) atoms. The Hall–Kier alpha value is -2.39. The molecule has 0 amide bonds. The molecule has 1 heterocycles. The normalized spacial score (nSPS) is 10.0. The molecule has 1 N–H and O–H groups in total. The zero-order chi connectivity index (χ0) is 15.1. The SMILES string of the molecule is CCn1ncnc1COc1cc(F)cc(C#CCCO)c1. The van der Waals surface area contributed by atoms with E-state index in [-0.39, 0.29) is 13.2 Å². The van der Waals surface area contributed by atoms with Crippen LogP contribution in [0.2, 0.25) is 0 Å². The highest BCUT2D eigenvalue weighted by Crippen LogP contribution is 2.17. The second kappa shape index (κ2) is 7.41. The molecule has 1 aromatic carbocycles. The van der Waals surface area contributed by atoms with Crippen molar-refractivity contribution in [3.05, 3.63) is 41.7 Å². The van der Waals surface area contributed by atoms with E-state index in [4.69, 9.17) is 9.84 Å². The van der Waals surface area contributed by atoms with Gasteiger partial charge >= 0.3 is 0 Å². The Labute approximate surface area is 122 Å². The van der Waals surface area contributed by atoms with Gasteiger partial charge in [0.15, 0.2) is 5.82 Å². The summed E-state index contributed by atoms with van der Waals surface area (Å²) in [4.78, 5) is 4.08. The van der Waals surface area contributed by atoms with Gasteiger partial charge in [-0.25, -0.2) is 14.1 Å². The van der Waals surface area contributed by atoms with Crippen molar-refractivity contribution < 1.29 is 14.2 Å². The van der Waals surface area contributed by atoms with Gasteiger partial charge in [-0.2, -0.15) is 5.10 Å². The highest BCUT2D eigenvalue weighted by Gasteiger charge is 2.05. The van der Waals surface area contributed by atoms with Crippen LogP contribution in [0.5, 0.6) is 5.75 Å². The van der Waals surface area contributed by atoms with E-state index in [1.54, 1.807) is 10.7 Å². The summed E-state index contributed by atoms with van der Waals surface area (Å²) in [5.41, 5.74) is 0.510. The second-order valence-corrected chi connectivity index (χ2v) is 4.23. The minimum atomic E-state index is -0.419. The third-order valence-electron chi connectivity index (χ3n) is 2.70. The molecule has 0 aliphatic rings. The van der Waals surface area contributed by atoms with Gasteiger partial charge in [0.1, 0.15) is 24.5 Å². The van der Waals surface area contributed by atoms with Crippen LogP contribution in [-0.4, -0.2) is 26.5 Å². The molecule has 2 aromatic rings. The highest BCUT2D eigenvalue weighted by atomic mass is 19.1. The van der Waals surface area contributed by atoms with Crippen molar-refractivity contribution in [3.63, 3.8) is 0 Å². The van der Waals surface area contributed by atoms with Crippen LogP contribution in [-0.2, 0) is 13.2 Å². The van der Waals surface area contributed by atoms with Gasteiger partial charge in [-0.15, -0.1) is 0 Å². The Balaban J connectivity index is 2.08. The summed E-state index contributed by atoms with van der Waals surface area (Å²) < 4.78 is 20.8. The minimum Gasteiger partial charge on any atom is -0.485 e. The Kier molecular flexibility index (Phi) is 5.29. The minimum absolute atomic E-state index is 0.0155. The van der Waals surface area contributed by atoms with Crippen LogP contribution < -0.4 is 4.74 Å². The Bertz CT molecular complexity index is 658. The van der Waals surface area contributed by atoms with E-state index in [0.29, 0.717) is 30.1 Å². The maximum atomic E-state index is 13.5. The van der Waals surface area contributed by atoms with E-state index in [9.17, 15) is 4.39 Å². The van der Waals surface area contributed by atoms with Crippen LogP contribution in [0.4, 0.5) is 4.39 Å². The monoisotopic (exact) mass is 289 g/mol. The standard InChI is InChI=1S/C15H16FN3O2/c1-2-19-15(17-11-18-19)10-21-14-8-12(5-3-4-6-20)7-13(16)9-14/h7-9,11,20H,2,4,6,10H2,1H3. The van der Waals surface area contributed by atoms with Crippen LogP contribution >= 0.6 is 0 Å². The zero-order valence-corrected chi connectivity index (χ0v) is 11.7. The summed E-state index contributed by atoms with van der Waals surface area (Å²) in [5.74, 6) is 6.16. The first-order chi connectivity index (χ1) is 10.2. The molecule has 0 bridgehead atoms. The molecule has 2 rings (SSSR count). The number of aryl methyl sites for hydroxylation is 1. The molecule has 5 nitrogen and oxygen atoms in total. The average Bonchev–Trinajstić information content (AvgIpc) is 2.92. The fourth-order valence-corrected chi connectivity index (χ4v) is 1.75. The summed E-state index contributed by atoms with van der Waals surface area (Å²) in [6, 6.07) is 4.27. The average molecular weight is 289 g/mol. The van der Waals surface area contributed by atoms with Crippen molar-refractivity contribution in [2.75, 3.05) is 6.61 Å². The van der Waals surface area contributed by atoms with E-state index >= 15 is 0 Å². The van der Waals surface area contributed by atoms with E-state index in [0.717, 1.165) is 0 Å². The summed E-state index contributed by atoms with van der Waals surface area (Å²) in [6.07, 6.45) is 1.81. The molecule has 0 spiro atoms. The summed E-state index contributed by atoms with van der Waals surface area (Å²) >= 11 is 0. The molecule has 0 aliphatic carbocycles. The second-order valence-electron chi connectivity index (χ2n) is 4.23. The molecule has 0 aliphatic heterocycles. The fourth-order valence-electron chi connectivity index (χ4n) is 1.75. The number of aliphatic hydroxyl groups is 1. The smallest absolute Gasteiger partial charge is 0.164 e. The number of aromatic nitrogens is 3. The van der Waals surface area contributed by atoms with Crippen molar-refractivity contribution in [2.45, 2.75) is 26.5 Å². The van der Waals surface area contributed by atoms with Crippen LogP contribution in [0.3, 0.4) is 0 Å². The lowest BCUT2D eigenvalue weighted by Crippen LogP contribution is -2.07. The first kappa shape index (κ1) is 15.0. The lowest BCUT2D eigenvalue weighted by Gasteiger charge is -2.07. The molecule has 0 radical (unpaired) electrons.